The van der Waals surface area contributed by atoms with Crippen molar-refractivity contribution in [3.05, 3.63) is 28.2 Å². The second-order valence-corrected chi connectivity index (χ2v) is 3.85. The highest BCUT2D eigenvalue weighted by Gasteiger charge is 2.14. The van der Waals surface area contributed by atoms with Crippen molar-refractivity contribution in [3.63, 3.8) is 0 Å². The van der Waals surface area contributed by atoms with Crippen LogP contribution in [-0.2, 0) is 0 Å². The first-order chi connectivity index (χ1) is 6.56. The second-order valence-electron chi connectivity index (χ2n) is 3.00. The minimum Gasteiger partial charge on any atom is -0.497 e. The Morgan fingerprint density at radius 1 is 1.57 bits per heavy atom. The molecule has 1 aromatic carbocycles. The molecule has 2 N–H and O–H groups in total. The maximum absolute atomic E-state index is 11.6. The summed E-state index contributed by atoms with van der Waals surface area (Å²) in [6, 6.07) is 4.73. The Bertz CT molecular complexity index is 350. The highest BCUT2D eigenvalue weighted by Crippen LogP contribution is 2.23. The third-order valence-electron chi connectivity index (χ3n) is 1.85. The molecule has 1 unspecified atom stereocenters. The zero-order valence-corrected chi connectivity index (χ0v) is 9.67. The minimum atomic E-state index is -0.501. The highest BCUT2D eigenvalue weighted by atomic mass is 79.9. The monoisotopic (exact) mass is 257 g/mol. The number of ether oxygens (including phenoxy) is 1. The van der Waals surface area contributed by atoms with Crippen LogP contribution in [-0.4, -0.2) is 18.9 Å². The van der Waals surface area contributed by atoms with E-state index in [1.54, 1.807) is 32.2 Å². The molecule has 1 aromatic rings. The van der Waals surface area contributed by atoms with Gasteiger partial charge in [-0.2, -0.15) is 0 Å². The fourth-order valence-corrected chi connectivity index (χ4v) is 1.51. The van der Waals surface area contributed by atoms with E-state index in [1.807, 2.05) is 0 Å². The van der Waals surface area contributed by atoms with Crippen LogP contribution in [0.2, 0.25) is 0 Å². The maximum atomic E-state index is 11.6. The van der Waals surface area contributed by atoms with E-state index in [2.05, 4.69) is 15.9 Å². The van der Waals surface area contributed by atoms with Crippen molar-refractivity contribution >= 4 is 21.7 Å². The van der Waals surface area contributed by atoms with Crippen molar-refractivity contribution in [3.8, 4) is 5.75 Å². The number of hydrogen-bond acceptors (Lipinski definition) is 3. The summed E-state index contributed by atoms with van der Waals surface area (Å²) in [5, 5.41) is 0. The lowest BCUT2D eigenvalue weighted by molar-refractivity contribution is 0.0967. The summed E-state index contributed by atoms with van der Waals surface area (Å²) >= 11 is 3.30. The summed E-state index contributed by atoms with van der Waals surface area (Å²) in [5.41, 5.74) is 6.07. The van der Waals surface area contributed by atoms with Crippen LogP contribution in [0, 0.1) is 0 Å². The van der Waals surface area contributed by atoms with Gasteiger partial charge in [0.05, 0.1) is 13.2 Å². The van der Waals surface area contributed by atoms with Crippen molar-refractivity contribution in [1.29, 1.82) is 0 Å². The molecule has 0 heterocycles. The Balaban J connectivity index is 3.12. The fraction of sp³-hybridized carbons (Fsp3) is 0.300. The molecule has 0 aliphatic rings. The number of benzene rings is 1. The number of ketones is 1. The molecule has 0 saturated carbocycles. The number of carbonyl (C=O) groups is 1. The normalized spacial score (nSPS) is 12.3. The lowest BCUT2D eigenvalue weighted by Crippen LogP contribution is -2.26. The van der Waals surface area contributed by atoms with Gasteiger partial charge >= 0.3 is 0 Å². The highest BCUT2D eigenvalue weighted by molar-refractivity contribution is 9.10. The third kappa shape index (κ3) is 2.33. The predicted molar refractivity (Wildman–Crippen MR) is 58.7 cm³/mol. The average molecular weight is 258 g/mol. The summed E-state index contributed by atoms with van der Waals surface area (Å²) in [6.45, 7) is 1.66. The number of carbonyl (C=O) groups excluding carboxylic acids is 1. The molecule has 4 heteroatoms. The Kier molecular flexibility index (Phi) is 3.66. The van der Waals surface area contributed by atoms with E-state index >= 15 is 0 Å². The lowest BCUT2D eigenvalue weighted by Gasteiger charge is -2.08. The zero-order valence-electron chi connectivity index (χ0n) is 8.08. The van der Waals surface area contributed by atoms with Crippen molar-refractivity contribution < 1.29 is 9.53 Å². The first-order valence-corrected chi connectivity index (χ1v) is 4.99. The van der Waals surface area contributed by atoms with Crippen molar-refractivity contribution in [1.82, 2.24) is 0 Å². The van der Waals surface area contributed by atoms with E-state index in [0.717, 1.165) is 4.47 Å². The van der Waals surface area contributed by atoms with Crippen LogP contribution in [0.25, 0.3) is 0 Å². The van der Waals surface area contributed by atoms with Gasteiger partial charge in [0, 0.05) is 10.0 Å². The number of hydrogen-bond donors (Lipinski definition) is 1. The molecule has 0 amide bonds. The number of nitrogens with two attached hydrogens (primary N) is 1. The Hall–Kier alpha value is -0.870. The number of halogens is 1. The summed E-state index contributed by atoms with van der Waals surface area (Å²) in [5.74, 6) is 0.549. The van der Waals surface area contributed by atoms with Crippen LogP contribution in [0.1, 0.15) is 17.3 Å². The van der Waals surface area contributed by atoms with Gasteiger partial charge in [0.15, 0.2) is 5.78 Å². The Labute approximate surface area is 91.4 Å². The predicted octanol–water partition coefficient (Wildman–Crippen LogP) is 1.99. The van der Waals surface area contributed by atoms with Crippen LogP contribution < -0.4 is 10.5 Å². The van der Waals surface area contributed by atoms with Gasteiger partial charge in [0.2, 0.25) is 0 Å². The van der Waals surface area contributed by atoms with Gasteiger partial charge in [-0.15, -0.1) is 0 Å². The molecule has 3 nitrogen and oxygen atoms in total. The second kappa shape index (κ2) is 4.57. The minimum absolute atomic E-state index is 0.101. The third-order valence-corrected chi connectivity index (χ3v) is 2.54. The van der Waals surface area contributed by atoms with Crippen LogP contribution in [0.4, 0.5) is 0 Å². The van der Waals surface area contributed by atoms with Crippen molar-refractivity contribution in [2.75, 3.05) is 7.11 Å². The topological polar surface area (TPSA) is 52.3 Å². The van der Waals surface area contributed by atoms with Gasteiger partial charge in [-0.3, -0.25) is 4.79 Å². The van der Waals surface area contributed by atoms with Gasteiger partial charge in [-0.25, -0.2) is 0 Å². The van der Waals surface area contributed by atoms with Crippen molar-refractivity contribution in [2.45, 2.75) is 13.0 Å². The van der Waals surface area contributed by atoms with E-state index < -0.39 is 6.04 Å². The Morgan fingerprint density at radius 2 is 2.21 bits per heavy atom. The Morgan fingerprint density at radius 3 is 2.71 bits per heavy atom. The molecule has 0 spiro atoms. The van der Waals surface area contributed by atoms with E-state index in [4.69, 9.17) is 10.5 Å². The fourth-order valence-electron chi connectivity index (χ4n) is 1.07. The largest absolute Gasteiger partial charge is 0.497 e. The SMILES string of the molecule is COc1ccc(Br)c(C(=O)C(C)N)c1. The number of Topliss-reactive ketones (excluding diaryl/α,β-unsaturated/α-hetero) is 1. The van der Waals surface area contributed by atoms with E-state index in [-0.39, 0.29) is 5.78 Å². The number of methoxy groups -OCH3 is 1. The standard InChI is InChI=1S/C10H12BrNO2/c1-6(12)10(13)8-5-7(14-2)3-4-9(8)11/h3-6H,12H2,1-2H3. The van der Waals surface area contributed by atoms with E-state index in [1.165, 1.54) is 0 Å². The van der Waals surface area contributed by atoms with Crippen LogP contribution in [0.5, 0.6) is 5.75 Å². The van der Waals surface area contributed by atoms with Crippen LogP contribution >= 0.6 is 15.9 Å². The molecule has 0 aromatic heterocycles. The molecule has 1 atom stereocenters. The zero-order chi connectivity index (χ0) is 10.7. The molecular weight excluding hydrogens is 246 g/mol. The molecule has 14 heavy (non-hydrogen) atoms. The molecule has 76 valence electrons. The molecule has 0 saturated heterocycles. The van der Waals surface area contributed by atoms with Crippen LogP contribution in [0.15, 0.2) is 22.7 Å². The molecular formula is C10H12BrNO2. The van der Waals surface area contributed by atoms with Gasteiger partial charge in [-0.1, -0.05) is 15.9 Å². The van der Waals surface area contributed by atoms with Crippen LogP contribution in [0.3, 0.4) is 0 Å². The van der Waals surface area contributed by atoms with Gasteiger partial charge in [0.25, 0.3) is 0 Å². The summed E-state index contributed by atoms with van der Waals surface area (Å²) < 4.78 is 5.76. The summed E-state index contributed by atoms with van der Waals surface area (Å²) in [7, 11) is 1.56. The molecule has 0 bridgehead atoms. The smallest absolute Gasteiger partial charge is 0.180 e. The maximum Gasteiger partial charge on any atom is 0.180 e. The lowest BCUT2D eigenvalue weighted by atomic mass is 10.1. The van der Waals surface area contributed by atoms with E-state index in [9.17, 15) is 4.79 Å². The summed E-state index contributed by atoms with van der Waals surface area (Å²) in [6.07, 6.45) is 0. The molecule has 0 aliphatic carbocycles. The molecule has 0 aliphatic heterocycles. The molecule has 1 rings (SSSR count). The quantitative estimate of drug-likeness (QED) is 0.843. The molecule has 0 radical (unpaired) electrons. The van der Waals surface area contributed by atoms with Gasteiger partial charge in [-0.05, 0) is 25.1 Å². The van der Waals surface area contributed by atoms with Gasteiger partial charge in [0.1, 0.15) is 5.75 Å². The van der Waals surface area contributed by atoms with Gasteiger partial charge < -0.3 is 10.5 Å². The average Bonchev–Trinajstić information content (AvgIpc) is 2.17. The summed E-state index contributed by atoms with van der Waals surface area (Å²) in [4.78, 5) is 11.6. The first-order valence-electron chi connectivity index (χ1n) is 4.19. The van der Waals surface area contributed by atoms with E-state index in [0.29, 0.717) is 11.3 Å². The molecule has 0 fully saturated rings. The van der Waals surface area contributed by atoms with Crippen molar-refractivity contribution in [2.24, 2.45) is 5.73 Å². The number of rotatable bonds is 3. The first kappa shape index (κ1) is 11.2.